The van der Waals surface area contributed by atoms with Crippen LogP contribution in [-0.4, -0.2) is 63.3 Å². The number of carboxylic acids is 1. The van der Waals surface area contributed by atoms with Gasteiger partial charge in [0.15, 0.2) is 0 Å². The van der Waals surface area contributed by atoms with Gasteiger partial charge in [0.2, 0.25) is 19.2 Å². The third-order valence-electron chi connectivity index (χ3n) is 8.83. The summed E-state index contributed by atoms with van der Waals surface area (Å²) < 4.78 is 18.7. The van der Waals surface area contributed by atoms with Crippen LogP contribution in [0.5, 0.6) is 0 Å². The van der Waals surface area contributed by atoms with Crippen molar-refractivity contribution in [3.63, 3.8) is 0 Å². The lowest BCUT2D eigenvalue weighted by Gasteiger charge is -2.34. The number of benzene rings is 2. The third kappa shape index (κ3) is 9.89. The number of fused-ring (bicyclic) bond motifs is 1. The molecule has 3 aromatic rings. The second kappa shape index (κ2) is 17.3. The van der Waals surface area contributed by atoms with Gasteiger partial charge in [-0.1, -0.05) is 67.8 Å². The topological polar surface area (TPSA) is 205 Å². The number of carbonyl (C=O) groups is 3. The number of hydrogen-bond donors (Lipinski definition) is 8. The molecule has 1 saturated carbocycles. The molecule has 15 heteroatoms. The molecule has 2 unspecified atom stereocenters. The predicted octanol–water partition coefficient (Wildman–Crippen LogP) is 3.59. The molecule has 1 aromatic heterocycles. The second-order valence-electron chi connectivity index (χ2n) is 12.2. The first-order valence-corrected chi connectivity index (χ1v) is 18.0. The van der Waals surface area contributed by atoms with E-state index >= 15 is 0 Å². The smallest absolute Gasteiger partial charge is 0.326 e. The molecule has 1 fully saturated rings. The van der Waals surface area contributed by atoms with Crippen LogP contribution in [0.15, 0.2) is 60.8 Å². The molecule has 1 aliphatic carbocycles. The highest BCUT2D eigenvalue weighted by molar-refractivity contribution is 7.74. The van der Waals surface area contributed by atoms with Crippen molar-refractivity contribution in [3.8, 4) is 0 Å². The maximum Gasteiger partial charge on any atom is 0.326 e. The minimum Gasteiger partial charge on any atom is -0.480 e. The molecule has 1 heterocycles. The number of nitrogens with two attached hydrogens (primary N) is 1. The van der Waals surface area contributed by atoms with E-state index in [0.29, 0.717) is 57.1 Å². The van der Waals surface area contributed by atoms with Crippen molar-refractivity contribution in [2.75, 3.05) is 12.7 Å². The number of aromatic nitrogens is 1. The number of aromatic amines is 1. The Balaban J connectivity index is 1.56. The average molecular weight is 690 g/mol. The Kier molecular flexibility index (Phi) is 13.4. The molecule has 0 spiro atoms. The van der Waals surface area contributed by atoms with Crippen molar-refractivity contribution in [2.45, 2.75) is 75.7 Å². The van der Waals surface area contributed by atoms with Gasteiger partial charge < -0.3 is 31.4 Å². The molecule has 0 saturated heterocycles. The molecule has 13 nitrogen and oxygen atoms in total. The fourth-order valence-corrected chi connectivity index (χ4v) is 8.71. The van der Waals surface area contributed by atoms with Crippen LogP contribution in [0, 0.1) is 5.41 Å². The molecule has 0 aliphatic heterocycles. The lowest BCUT2D eigenvalue weighted by Crippen LogP contribution is -2.51. The molecule has 0 radical (unpaired) electrons. The van der Waals surface area contributed by atoms with E-state index in [1.807, 2.05) is 30.3 Å². The van der Waals surface area contributed by atoms with Crippen molar-refractivity contribution in [1.29, 1.82) is 0 Å². The van der Waals surface area contributed by atoms with Crippen LogP contribution in [0.3, 0.4) is 0 Å². The molecule has 47 heavy (non-hydrogen) atoms. The molecule has 4 rings (SSSR count). The van der Waals surface area contributed by atoms with E-state index < -0.39 is 54.6 Å². The maximum absolute atomic E-state index is 14.4. The molecule has 2 amide bonds. The molecule has 0 bridgehead atoms. The molecule has 256 valence electrons. The number of carboxylic acid groups (broad SMARTS) is 1. The van der Waals surface area contributed by atoms with Crippen molar-refractivity contribution >= 4 is 49.0 Å². The summed E-state index contributed by atoms with van der Waals surface area (Å²) >= 11 is 3.53. The minimum atomic E-state index is -4.32. The van der Waals surface area contributed by atoms with Crippen molar-refractivity contribution in [3.05, 3.63) is 71.9 Å². The van der Waals surface area contributed by atoms with E-state index in [0.717, 1.165) is 16.5 Å². The Morgan fingerprint density at radius 1 is 1.00 bits per heavy atom. The van der Waals surface area contributed by atoms with E-state index in [9.17, 15) is 28.9 Å². The van der Waals surface area contributed by atoms with E-state index in [2.05, 4.69) is 38.3 Å². The number of hydroxylamine groups is 1. The quantitative estimate of drug-likeness (QED) is 0.0229. The SMILES string of the molecule is NCCCCC(NOOS)C(=O)N[C@@H](Cc1ccccc1)P(=O)(O)CC1(C(=O)N[C@@H](Cc2c[nH]c3ccccc23)C(=O)O)CCCC1. The number of aliphatic carboxylic acids is 1. The summed E-state index contributed by atoms with van der Waals surface area (Å²) in [6.07, 6.45) is 4.77. The van der Waals surface area contributed by atoms with Crippen LogP contribution in [0.1, 0.15) is 56.1 Å². The second-order valence-corrected chi connectivity index (χ2v) is 14.8. The summed E-state index contributed by atoms with van der Waals surface area (Å²) in [4.78, 5) is 59.3. The summed E-state index contributed by atoms with van der Waals surface area (Å²) in [5.74, 6) is -3.64. The van der Waals surface area contributed by atoms with Crippen LogP contribution >= 0.6 is 20.3 Å². The summed E-state index contributed by atoms with van der Waals surface area (Å²) in [6.45, 7) is 0.426. The Morgan fingerprint density at radius 2 is 1.70 bits per heavy atom. The molecule has 1 aliphatic rings. The number of rotatable bonds is 19. The Morgan fingerprint density at radius 3 is 2.38 bits per heavy atom. The van der Waals surface area contributed by atoms with Gasteiger partial charge in [-0.2, -0.15) is 5.48 Å². The number of hydrogen-bond acceptors (Lipinski definition) is 9. The first-order valence-electron chi connectivity index (χ1n) is 15.8. The van der Waals surface area contributed by atoms with E-state index in [4.69, 9.17) is 10.7 Å². The first-order chi connectivity index (χ1) is 22.6. The summed E-state index contributed by atoms with van der Waals surface area (Å²) in [5, 5.41) is 16.4. The van der Waals surface area contributed by atoms with E-state index in [-0.39, 0.29) is 12.8 Å². The van der Waals surface area contributed by atoms with Crippen LogP contribution in [0.2, 0.25) is 0 Å². The molecule has 2 aromatic carbocycles. The van der Waals surface area contributed by atoms with Gasteiger partial charge in [-0.3, -0.25) is 14.2 Å². The van der Waals surface area contributed by atoms with Gasteiger partial charge in [0, 0.05) is 49.0 Å². The number of unbranched alkanes of at least 4 members (excludes halogenated alkanes) is 1. The van der Waals surface area contributed by atoms with Crippen LogP contribution in [0.25, 0.3) is 10.9 Å². The molecular weight excluding hydrogens is 645 g/mol. The van der Waals surface area contributed by atoms with Crippen LogP contribution in [0.4, 0.5) is 0 Å². The Bertz CT molecular complexity index is 1530. The maximum atomic E-state index is 14.4. The molecule has 8 N–H and O–H groups in total. The fourth-order valence-electron chi connectivity index (χ4n) is 6.30. The summed E-state index contributed by atoms with van der Waals surface area (Å²) in [6, 6.07) is 14.2. The molecule has 4 atom stereocenters. The zero-order valence-corrected chi connectivity index (χ0v) is 27.9. The number of nitrogens with one attached hydrogen (secondary N) is 4. The number of H-pyrrole nitrogens is 1. The monoisotopic (exact) mass is 689 g/mol. The number of amides is 2. The summed E-state index contributed by atoms with van der Waals surface area (Å²) in [7, 11) is -4.32. The standard InChI is InChI=1S/C32H44N5O8PS/c33-17-9-6-14-26(37-44-45-47)29(38)36-28(18-22-10-2-1-3-11-22)46(42,43)21-32(15-7-8-16-32)31(41)35-27(30(39)40)19-23-20-34-25-13-5-4-12-24(23)25/h1-5,10-13,20,26-28,34,37,47H,6-9,14-19,21,33H2,(H,35,41)(H,36,38)(H,39,40)(H,42,43)/t26?,27-,28+/m0/s1. The van der Waals surface area contributed by atoms with Crippen molar-refractivity contribution in [2.24, 2.45) is 11.1 Å². The predicted molar refractivity (Wildman–Crippen MR) is 180 cm³/mol. The number of carbonyl (C=O) groups excluding carboxylic acids is 2. The van der Waals surface area contributed by atoms with Gasteiger partial charge in [-0.25, -0.2) is 4.79 Å². The largest absolute Gasteiger partial charge is 0.480 e. The van der Waals surface area contributed by atoms with Crippen molar-refractivity contribution < 1.29 is 38.3 Å². The normalized spacial score (nSPS) is 17.4. The van der Waals surface area contributed by atoms with Crippen molar-refractivity contribution in [1.82, 2.24) is 21.1 Å². The Hall–Kier alpha value is -3.23. The zero-order chi connectivity index (χ0) is 33.9. The highest BCUT2D eigenvalue weighted by Crippen LogP contribution is 2.55. The Labute approximate surface area is 279 Å². The van der Waals surface area contributed by atoms with E-state index in [1.165, 1.54) is 0 Å². The number of thiol groups is 1. The zero-order valence-electron chi connectivity index (χ0n) is 26.1. The van der Waals surface area contributed by atoms with Gasteiger partial charge in [-0.15, -0.1) is 9.32 Å². The van der Waals surface area contributed by atoms with Crippen LogP contribution in [-0.2, 0) is 41.1 Å². The summed E-state index contributed by atoms with van der Waals surface area (Å²) in [5.41, 5.74) is 9.07. The van der Waals surface area contributed by atoms with Gasteiger partial charge in [0.05, 0.1) is 5.41 Å². The lowest BCUT2D eigenvalue weighted by molar-refractivity contribution is -0.250. The third-order valence-corrected chi connectivity index (χ3v) is 11.3. The fraction of sp³-hybridized carbons (Fsp3) is 0.469. The average Bonchev–Trinajstić information content (AvgIpc) is 3.70. The van der Waals surface area contributed by atoms with Crippen LogP contribution < -0.4 is 21.8 Å². The minimum absolute atomic E-state index is 0.0236. The van der Waals surface area contributed by atoms with Gasteiger partial charge in [-0.05, 0) is 49.4 Å². The highest BCUT2D eigenvalue weighted by atomic mass is 32.1. The highest BCUT2D eigenvalue weighted by Gasteiger charge is 2.49. The lowest BCUT2D eigenvalue weighted by atomic mass is 9.87. The number of para-hydroxylation sites is 1. The molecular formula is C32H44N5O8PS. The van der Waals surface area contributed by atoms with Gasteiger partial charge >= 0.3 is 5.97 Å². The van der Waals surface area contributed by atoms with E-state index in [1.54, 1.807) is 30.5 Å². The first kappa shape index (κ1) is 36.6. The van der Waals surface area contributed by atoms with Gasteiger partial charge in [0.25, 0.3) is 0 Å². The van der Waals surface area contributed by atoms with Gasteiger partial charge in [0.1, 0.15) is 17.9 Å².